The van der Waals surface area contributed by atoms with Crippen molar-refractivity contribution in [1.82, 2.24) is 9.29 Å². The number of hydrogen-bond acceptors (Lipinski definition) is 4. The Bertz CT molecular complexity index is 446. The number of hydrogen-bond donors (Lipinski definition) is 1. The van der Waals surface area contributed by atoms with Gasteiger partial charge in [0.15, 0.2) is 5.03 Å². The number of aliphatic hydroxyl groups excluding tert-OH is 1. The van der Waals surface area contributed by atoms with Crippen molar-refractivity contribution in [3.63, 3.8) is 0 Å². The molecule has 1 aliphatic rings. The van der Waals surface area contributed by atoms with Crippen molar-refractivity contribution in [3.05, 3.63) is 24.4 Å². The molecule has 1 unspecified atom stereocenters. The fraction of sp³-hybridized carbons (Fsp3) is 0.500. The lowest BCUT2D eigenvalue weighted by Crippen LogP contribution is -2.42. The van der Waals surface area contributed by atoms with Gasteiger partial charge in [0, 0.05) is 19.3 Å². The maximum absolute atomic E-state index is 12.1. The number of sulfonamides is 1. The van der Waals surface area contributed by atoms with Gasteiger partial charge in [-0.15, -0.1) is 0 Å². The third-order valence-electron chi connectivity index (χ3n) is 2.60. The maximum Gasteiger partial charge on any atom is 0.260 e. The highest BCUT2D eigenvalue weighted by Crippen LogP contribution is 2.18. The molecule has 1 N–H and O–H groups in total. The summed E-state index contributed by atoms with van der Waals surface area (Å²) in [6.07, 6.45) is 2.24. The largest absolute Gasteiger partial charge is 0.392 e. The molecule has 6 heteroatoms. The topological polar surface area (TPSA) is 70.5 Å². The summed E-state index contributed by atoms with van der Waals surface area (Å²) < 4.78 is 25.5. The average Bonchev–Trinajstić information content (AvgIpc) is 2.30. The Balaban J connectivity index is 2.26. The molecule has 0 saturated carbocycles. The van der Waals surface area contributed by atoms with E-state index in [4.69, 9.17) is 0 Å². The lowest BCUT2D eigenvalue weighted by Gasteiger charge is -2.28. The summed E-state index contributed by atoms with van der Waals surface area (Å²) in [5.41, 5.74) is 0. The van der Waals surface area contributed by atoms with Crippen LogP contribution in [0, 0.1) is 0 Å². The van der Waals surface area contributed by atoms with Gasteiger partial charge in [-0.2, -0.15) is 4.31 Å². The van der Waals surface area contributed by atoms with E-state index < -0.39 is 16.1 Å². The molecule has 1 saturated heterocycles. The van der Waals surface area contributed by atoms with Crippen LogP contribution in [0.15, 0.2) is 29.4 Å². The predicted molar refractivity (Wildman–Crippen MR) is 58.2 cm³/mol. The standard InChI is InChI=1S/C10H14N2O3S/c13-9-4-3-7-12(8-9)16(14,15)10-5-1-2-6-11-10/h1-2,5-6,9,13H,3-4,7-8H2. The minimum Gasteiger partial charge on any atom is -0.392 e. The Morgan fingerprint density at radius 3 is 2.88 bits per heavy atom. The number of rotatable bonds is 2. The number of aromatic nitrogens is 1. The third-order valence-corrected chi connectivity index (χ3v) is 4.38. The summed E-state index contributed by atoms with van der Waals surface area (Å²) >= 11 is 0. The van der Waals surface area contributed by atoms with Crippen LogP contribution in [0.5, 0.6) is 0 Å². The van der Waals surface area contributed by atoms with E-state index >= 15 is 0 Å². The monoisotopic (exact) mass is 242 g/mol. The van der Waals surface area contributed by atoms with Crippen LogP contribution >= 0.6 is 0 Å². The Morgan fingerprint density at radius 1 is 1.44 bits per heavy atom. The fourth-order valence-corrected chi connectivity index (χ4v) is 3.22. The second kappa shape index (κ2) is 4.48. The summed E-state index contributed by atoms with van der Waals surface area (Å²) in [4.78, 5) is 3.84. The van der Waals surface area contributed by atoms with E-state index in [1.165, 1.54) is 16.6 Å². The van der Waals surface area contributed by atoms with Crippen LogP contribution in [-0.2, 0) is 10.0 Å². The van der Waals surface area contributed by atoms with Crippen LogP contribution in [-0.4, -0.2) is 42.0 Å². The summed E-state index contributed by atoms with van der Waals surface area (Å²) in [6, 6.07) is 4.78. The van der Waals surface area contributed by atoms with E-state index in [1.807, 2.05) is 0 Å². The van der Waals surface area contributed by atoms with E-state index in [1.54, 1.807) is 12.1 Å². The SMILES string of the molecule is O=S(=O)(c1ccccn1)N1CCCC(O)C1. The van der Waals surface area contributed by atoms with Crippen LogP contribution < -0.4 is 0 Å². The lowest BCUT2D eigenvalue weighted by molar-refractivity contribution is 0.108. The maximum atomic E-state index is 12.1. The molecule has 0 spiro atoms. The van der Waals surface area contributed by atoms with Crippen LogP contribution in [0.25, 0.3) is 0 Å². The van der Waals surface area contributed by atoms with Gasteiger partial charge in [0.1, 0.15) is 0 Å². The summed E-state index contributed by atoms with van der Waals surface area (Å²) in [5.74, 6) is 0. The molecule has 0 aliphatic carbocycles. The second-order valence-electron chi connectivity index (χ2n) is 3.83. The Kier molecular flexibility index (Phi) is 3.22. The molecule has 2 heterocycles. The summed E-state index contributed by atoms with van der Waals surface area (Å²) in [6.45, 7) is 0.620. The van der Waals surface area contributed by atoms with Gasteiger partial charge < -0.3 is 5.11 Å². The van der Waals surface area contributed by atoms with Crippen molar-refractivity contribution in [2.24, 2.45) is 0 Å². The molecule has 1 atom stereocenters. The molecule has 0 aromatic carbocycles. The normalized spacial score (nSPS) is 23.2. The van der Waals surface area contributed by atoms with Crippen molar-refractivity contribution in [2.45, 2.75) is 24.0 Å². The Labute approximate surface area is 94.8 Å². The molecule has 0 amide bonds. The van der Waals surface area contributed by atoms with E-state index in [0.717, 1.165) is 0 Å². The van der Waals surface area contributed by atoms with Gasteiger partial charge in [0.2, 0.25) is 0 Å². The van der Waals surface area contributed by atoms with Crippen LogP contribution in [0.3, 0.4) is 0 Å². The first kappa shape index (κ1) is 11.5. The van der Waals surface area contributed by atoms with Crippen molar-refractivity contribution < 1.29 is 13.5 Å². The highest BCUT2D eigenvalue weighted by Gasteiger charge is 2.29. The zero-order valence-corrected chi connectivity index (χ0v) is 9.60. The quantitative estimate of drug-likeness (QED) is 0.805. The van der Waals surface area contributed by atoms with Gasteiger partial charge in [-0.25, -0.2) is 13.4 Å². The first-order chi connectivity index (χ1) is 7.60. The van der Waals surface area contributed by atoms with Gasteiger partial charge in [-0.1, -0.05) is 6.07 Å². The lowest BCUT2D eigenvalue weighted by atomic mass is 10.1. The summed E-state index contributed by atoms with van der Waals surface area (Å²) in [7, 11) is -3.53. The Morgan fingerprint density at radius 2 is 2.25 bits per heavy atom. The Hall–Kier alpha value is -0.980. The second-order valence-corrected chi connectivity index (χ2v) is 5.71. The predicted octanol–water partition coefficient (Wildman–Crippen LogP) is 0.227. The fourth-order valence-electron chi connectivity index (χ4n) is 1.77. The highest BCUT2D eigenvalue weighted by molar-refractivity contribution is 7.89. The van der Waals surface area contributed by atoms with E-state index in [2.05, 4.69) is 4.98 Å². The van der Waals surface area contributed by atoms with Crippen LogP contribution in [0.4, 0.5) is 0 Å². The minimum absolute atomic E-state index is 0.0455. The number of pyridine rings is 1. The highest BCUT2D eigenvalue weighted by atomic mass is 32.2. The number of nitrogens with zero attached hydrogens (tertiary/aromatic N) is 2. The molecule has 5 nitrogen and oxygen atoms in total. The zero-order chi connectivity index (χ0) is 11.6. The van der Waals surface area contributed by atoms with E-state index in [9.17, 15) is 13.5 Å². The van der Waals surface area contributed by atoms with Crippen LogP contribution in [0.1, 0.15) is 12.8 Å². The van der Waals surface area contributed by atoms with E-state index in [0.29, 0.717) is 19.4 Å². The molecule has 1 fully saturated rings. The summed E-state index contributed by atoms with van der Waals surface area (Å²) in [5, 5.41) is 9.51. The molecular weight excluding hydrogens is 228 g/mol. The first-order valence-corrected chi connectivity index (χ1v) is 6.64. The molecule has 16 heavy (non-hydrogen) atoms. The molecular formula is C10H14N2O3S. The smallest absolute Gasteiger partial charge is 0.260 e. The molecule has 88 valence electrons. The molecule has 1 aromatic heterocycles. The van der Waals surface area contributed by atoms with Crippen molar-refractivity contribution in [3.8, 4) is 0 Å². The van der Waals surface area contributed by atoms with E-state index in [-0.39, 0.29) is 11.6 Å². The first-order valence-electron chi connectivity index (χ1n) is 5.20. The number of aliphatic hydroxyl groups is 1. The average molecular weight is 242 g/mol. The molecule has 1 aromatic rings. The molecule has 0 radical (unpaired) electrons. The third kappa shape index (κ3) is 2.23. The van der Waals surface area contributed by atoms with Gasteiger partial charge >= 0.3 is 0 Å². The van der Waals surface area contributed by atoms with Crippen LogP contribution in [0.2, 0.25) is 0 Å². The number of piperidine rings is 1. The van der Waals surface area contributed by atoms with Crippen molar-refractivity contribution in [2.75, 3.05) is 13.1 Å². The zero-order valence-electron chi connectivity index (χ0n) is 8.78. The number of β-amino-alcohol motifs (C(OH)–C–C–N with tert-alkyl or cyclic N) is 1. The van der Waals surface area contributed by atoms with Gasteiger partial charge in [-0.05, 0) is 25.0 Å². The van der Waals surface area contributed by atoms with Gasteiger partial charge in [0.05, 0.1) is 6.10 Å². The van der Waals surface area contributed by atoms with Gasteiger partial charge in [-0.3, -0.25) is 0 Å². The molecule has 0 bridgehead atoms. The van der Waals surface area contributed by atoms with Crippen molar-refractivity contribution in [1.29, 1.82) is 0 Å². The minimum atomic E-state index is -3.53. The van der Waals surface area contributed by atoms with Gasteiger partial charge in [0.25, 0.3) is 10.0 Å². The molecule has 1 aliphatic heterocycles. The van der Waals surface area contributed by atoms with Crippen molar-refractivity contribution >= 4 is 10.0 Å². The molecule has 2 rings (SSSR count).